The van der Waals surface area contributed by atoms with Crippen LogP contribution in [0.25, 0.3) is 0 Å². The van der Waals surface area contributed by atoms with Crippen molar-refractivity contribution in [3.05, 3.63) is 59.3 Å². The number of hydrogen-bond donors (Lipinski definition) is 4. The fourth-order valence-electron chi connectivity index (χ4n) is 4.88. The van der Waals surface area contributed by atoms with Gasteiger partial charge < -0.3 is 21.5 Å². The van der Waals surface area contributed by atoms with Crippen molar-refractivity contribution in [2.24, 2.45) is 5.92 Å². The summed E-state index contributed by atoms with van der Waals surface area (Å²) in [7, 11) is 3.59. The maximum absolute atomic E-state index is 12.9. The number of aromatic nitrogens is 1. The molecule has 0 bridgehead atoms. The molecule has 2 amide bonds. The minimum atomic E-state index is -4.44. The van der Waals surface area contributed by atoms with Gasteiger partial charge in [0.1, 0.15) is 17.9 Å². The van der Waals surface area contributed by atoms with Gasteiger partial charge in [-0.15, -0.1) is 0 Å². The molecular formula is C31H45F3N6O4. The lowest BCUT2D eigenvalue weighted by molar-refractivity contribution is -0.144. The van der Waals surface area contributed by atoms with Crippen LogP contribution in [0.15, 0.2) is 42.6 Å². The maximum atomic E-state index is 12.9. The van der Waals surface area contributed by atoms with E-state index < -0.39 is 29.7 Å². The topological polar surface area (TPSA) is 141 Å². The number of hydrogen-bond acceptors (Lipinski definition) is 7. The number of carboxylic acid groups (broad SMARTS) is 1. The molecule has 1 fully saturated rings. The van der Waals surface area contributed by atoms with Crippen molar-refractivity contribution in [3.8, 4) is 0 Å². The molecule has 2 aromatic rings. The highest BCUT2D eigenvalue weighted by Gasteiger charge is 2.30. The molecule has 13 heteroatoms. The SMILES string of the molecule is CCC(C)[C@H](C(=O)O)N(C)C.Nc1ccc(CNC(=O)[C@H](Cc2ccc(C(F)(F)F)cc2)NC(=O)CN2CCCCC2)cn1. The third-order valence-corrected chi connectivity index (χ3v) is 7.50. The lowest BCUT2D eigenvalue weighted by Crippen LogP contribution is -2.50. The van der Waals surface area contributed by atoms with E-state index >= 15 is 0 Å². The number of likely N-dealkylation sites (N-methyl/N-ethyl adjacent to an activating group) is 1. The average Bonchev–Trinajstić information content (AvgIpc) is 2.96. The number of nitrogens with two attached hydrogens (primary N) is 1. The molecule has 3 rings (SSSR count). The number of nitrogen functional groups attached to an aromatic ring is 1. The number of alkyl halides is 3. The molecule has 1 aliphatic heterocycles. The number of nitrogens with one attached hydrogen (secondary N) is 2. The molecule has 3 atom stereocenters. The Balaban J connectivity index is 0.000000523. The first kappa shape index (κ1) is 36.5. The van der Waals surface area contributed by atoms with Gasteiger partial charge in [0, 0.05) is 19.2 Å². The van der Waals surface area contributed by atoms with Crippen LogP contribution in [0.2, 0.25) is 0 Å². The molecule has 1 aromatic carbocycles. The summed E-state index contributed by atoms with van der Waals surface area (Å²) in [6.45, 7) is 5.97. The summed E-state index contributed by atoms with van der Waals surface area (Å²) in [5, 5.41) is 14.3. The van der Waals surface area contributed by atoms with Crippen LogP contribution in [-0.4, -0.2) is 83.5 Å². The molecule has 44 heavy (non-hydrogen) atoms. The molecule has 1 aromatic heterocycles. The number of anilines is 1. The minimum absolute atomic E-state index is 0.0652. The van der Waals surface area contributed by atoms with Gasteiger partial charge in [0.05, 0.1) is 12.1 Å². The minimum Gasteiger partial charge on any atom is -0.480 e. The fraction of sp³-hybridized carbons (Fsp3) is 0.548. The number of nitrogens with zero attached hydrogens (tertiary/aromatic N) is 3. The van der Waals surface area contributed by atoms with E-state index in [1.165, 1.54) is 18.3 Å². The first-order chi connectivity index (χ1) is 20.7. The molecule has 0 spiro atoms. The molecule has 0 aliphatic carbocycles. The summed E-state index contributed by atoms with van der Waals surface area (Å²) in [5.74, 6) is -0.890. The largest absolute Gasteiger partial charge is 0.480 e. The average molecular weight is 623 g/mol. The molecule has 1 saturated heterocycles. The van der Waals surface area contributed by atoms with E-state index in [0.717, 1.165) is 56.5 Å². The molecule has 1 aliphatic rings. The van der Waals surface area contributed by atoms with Crippen molar-refractivity contribution in [1.29, 1.82) is 0 Å². The number of pyridine rings is 1. The number of rotatable bonds is 12. The third kappa shape index (κ3) is 12.5. The number of carbonyl (C=O) groups is 3. The van der Waals surface area contributed by atoms with E-state index in [1.807, 2.05) is 18.7 Å². The van der Waals surface area contributed by atoms with Gasteiger partial charge in [-0.1, -0.05) is 44.9 Å². The van der Waals surface area contributed by atoms with Gasteiger partial charge in [-0.2, -0.15) is 13.2 Å². The summed E-state index contributed by atoms with van der Waals surface area (Å²) < 4.78 is 38.6. The zero-order valence-electron chi connectivity index (χ0n) is 25.9. The van der Waals surface area contributed by atoms with Crippen molar-refractivity contribution in [3.63, 3.8) is 0 Å². The Bertz CT molecular complexity index is 1190. The van der Waals surface area contributed by atoms with Crippen LogP contribution in [0.5, 0.6) is 0 Å². The first-order valence-electron chi connectivity index (χ1n) is 14.8. The highest BCUT2D eigenvalue weighted by molar-refractivity contribution is 5.88. The zero-order chi connectivity index (χ0) is 32.9. The highest BCUT2D eigenvalue weighted by atomic mass is 19.4. The number of carboxylic acids is 1. The van der Waals surface area contributed by atoms with Crippen LogP contribution in [-0.2, 0) is 33.5 Å². The Kier molecular flexibility index (Phi) is 14.6. The Hall–Kier alpha value is -3.71. The van der Waals surface area contributed by atoms with Crippen LogP contribution in [0.3, 0.4) is 0 Å². The lowest BCUT2D eigenvalue weighted by Gasteiger charge is -2.27. The highest BCUT2D eigenvalue weighted by Crippen LogP contribution is 2.29. The molecule has 0 radical (unpaired) electrons. The van der Waals surface area contributed by atoms with Crippen LogP contribution in [0.1, 0.15) is 56.2 Å². The van der Waals surface area contributed by atoms with Gasteiger partial charge in [-0.3, -0.25) is 24.2 Å². The number of aliphatic carboxylic acids is 1. The maximum Gasteiger partial charge on any atom is 0.416 e. The molecular weight excluding hydrogens is 577 g/mol. The van der Waals surface area contributed by atoms with Gasteiger partial charge in [-0.05, 0) is 75.3 Å². The Morgan fingerprint density at radius 3 is 2.14 bits per heavy atom. The number of halogens is 3. The molecule has 5 N–H and O–H groups in total. The van der Waals surface area contributed by atoms with E-state index in [9.17, 15) is 27.6 Å². The monoisotopic (exact) mass is 622 g/mol. The lowest BCUT2D eigenvalue weighted by atomic mass is 9.99. The van der Waals surface area contributed by atoms with Crippen molar-refractivity contribution < 1.29 is 32.7 Å². The number of piperidine rings is 1. The van der Waals surface area contributed by atoms with E-state index in [1.54, 1.807) is 31.1 Å². The second kappa shape index (κ2) is 17.6. The van der Waals surface area contributed by atoms with Gasteiger partial charge in [-0.25, -0.2) is 4.98 Å². The molecule has 0 saturated carbocycles. The third-order valence-electron chi connectivity index (χ3n) is 7.50. The molecule has 1 unspecified atom stereocenters. The summed E-state index contributed by atoms with van der Waals surface area (Å²) in [4.78, 5) is 43.9. The molecule has 2 heterocycles. The first-order valence-corrected chi connectivity index (χ1v) is 14.8. The van der Waals surface area contributed by atoms with Gasteiger partial charge >= 0.3 is 12.1 Å². The summed E-state index contributed by atoms with van der Waals surface area (Å²) >= 11 is 0. The smallest absolute Gasteiger partial charge is 0.416 e. The number of carbonyl (C=O) groups excluding carboxylic acids is 2. The van der Waals surface area contributed by atoms with Crippen molar-refractivity contribution >= 4 is 23.6 Å². The summed E-state index contributed by atoms with van der Waals surface area (Å²) in [5.41, 5.74) is 6.04. The van der Waals surface area contributed by atoms with Crippen LogP contribution in [0.4, 0.5) is 19.0 Å². The number of amides is 2. The van der Waals surface area contributed by atoms with Crippen LogP contribution in [0, 0.1) is 5.92 Å². The molecule has 244 valence electrons. The number of likely N-dealkylation sites (tertiary alicyclic amines) is 1. The van der Waals surface area contributed by atoms with Gasteiger partial charge in [0.25, 0.3) is 0 Å². The predicted octanol–water partition coefficient (Wildman–Crippen LogP) is 3.56. The standard InChI is InChI=1S/C23H28F3N5O2.C8H17NO2/c24-23(25,26)18-7-4-16(5-8-18)12-19(30-21(32)15-31-10-2-1-3-11-31)22(33)29-14-17-6-9-20(27)28-13-17;1-5-6(2)7(8(10)11)9(3)4/h4-9,13,19H,1-3,10-12,14-15H2,(H2,27,28)(H,29,33)(H,30,32);6-7H,5H2,1-4H3,(H,10,11)/t19-;6?,7-/m01/s1. The summed E-state index contributed by atoms with van der Waals surface area (Å²) in [6, 6.07) is 6.65. The normalized spacial score (nSPS) is 15.8. The van der Waals surface area contributed by atoms with E-state index in [2.05, 4.69) is 15.6 Å². The second-order valence-corrected chi connectivity index (χ2v) is 11.3. The zero-order valence-corrected chi connectivity index (χ0v) is 25.9. The predicted molar refractivity (Wildman–Crippen MR) is 162 cm³/mol. The van der Waals surface area contributed by atoms with E-state index in [0.29, 0.717) is 11.4 Å². The Morgan fingerprint density at radius 2 is 1.66 bits per heavy atom. The quantitative estimate of drug-likeness (QED) is 0.282. The fourth-order valence-corrected chi connectivity index (χ4v) is 4.88. The Morgan fingerprint density at radius 1 is 1.05 bits per heavy atom. The van der Waals surface area contributed by atoms with E-state index in [-0.39, 0.29) is 37.4 Å². The van der Waals surface area contributed by atoms with Gasteiger partial charge in [0.15, 0.2) is 0 Å². The van der Waals surface area contributed by atoms with Crippen LogP contribution < -0.4 is 16.4 Å². The summed E-state index contributed by atoms with van der Waals surface area (Å²) in [6.07, 6.45) is 1.25. The van der Waals surface area contributed by atoms with E-state index in [4.69, 9.17) is 10.8 Å². The van der Waals surface area contributed by atoms with Crippen molar-refractivity contribution in [2.75, 3.05) is 39.5 Å². The van der Waals surface area contributed by atoms with Crippen molar-refractivity contribution in [1.82, 2.24) is 25.4 Å². The number of benzene rings is 1. The van der Waals surface area contributed by atoms with Gasteiger partial charge in [0.2, 0.25) is 11.8 Å². The Labute approximate surface area is 257 Å². The van der Waals surface area contributed by atoms with Crippen molar-refractivity contribution in [2.45, 2.75) is 70.8 Å². The van der Waals surface area contributed by atoms with Crippen LogP contribution >= 0.6 is 0 Å². The second-order valence-electron chi connectivity index (χ2n) is 11.3. The molecule has 10 nitrogen and oxygen atoms in total.